The van der Waals surface area contributed by atoms with E-state index in [2.05, 4.69) is 15.1 Å². The number of aromatic nitrogens is 4. The summed E-state index contributed by atoms with van der Waals surface area (Å²) < 4.78 is 3.45. The fourth-order valence-electron chi connectivity index (χ4n) is 4.26. The maximum atomic E-state index is 12.6. The van der Waals surface area contributed by atoms with Gasteiger partial charge in [0.25, 0.3) is 5.56 Å². The van der Waals surface area contributed by atoms with Crippen molar-refractivity contribution in [2.24, 2.45) is 12.8 Å². The molecule has 1 unspecified atom stereocenters. The molecule has 29 heavy (non-hydrogen) atoms. The Morgan fingerprint density at radius 1 is 1.14 bits per heavy atom. The predicted octanol–water partition coefficient (Wildman–Crippen LogP) is 1.56. The molecule has 2 aromatic heterocycles. The highest BCUT2D eigenvalue weighted by molar-refractivity contribution is 5.85. The van der Waals surface area contributed by atoms with E-state index in [0.29, 0.717) is 30.7 Å². The standard InChI is InChI=1S/C21H20N6O2/c1-25-20(29)15-7-3-5-9-17(15)27-18(23-24-21(25)27)12-26-11-10-14(19(22)28)13-6-2-4-8-16(13)26/h2-9,14H,10-12H2,1H3,(H2,22,28). The molecule has 4 aromatic rings. The topological polar surface area (TPSA) is 98.5 Å². The Balaban J connectivity index is 1.64. The first-order valence-electron chi connectivity index (χ1n) is 9.51. The molecule has 146 valence electrons. The number of nitrogens with two attached hydrogens (primary N) is 1. The molecule has 0 bridgehead atoms. The molecular weight excluding hydrogens is 368 g/mol. The van der Waals surface area contributed by atoms with E-state index >= 15 is 0 Å². The van der Waals surface area contributed by atoms with E-state index in [1.807, 2.05) is 52.9 Å². The van der Waals surface area contributed by atoms with Crippen LogP contribution in [-0.2, 0) is 18.4 Å². The largest absolute Gasteiger partial charge is 0.369 e. The predicted molar refractivity (Wildman–Crippen MR) is 110 cm³/mol. The van der Waals surface area contributed by atoms with Gasteiger partial charge in [-0.1, -0.05) is 30.3 Å². The molecule has 0 fully saturated rings. The van der Waals surface area contributed by atoms with Gasteiger partial charge in [-0.3, -0.25) is 18.6 Å². The summed E-state index contributed by atoms with van der Waals surface area (Å²) in [5.41, 5.74) is 8.22. The minimum Gasteiger partial charge on any atom is -0.369 e. The van der Waals surface area contributed by atoms with E-state index < -0.39 is 0 Å². The molecule has 3 heterocycles. The second-order valence-corrected chi connectivity index (χ2v) is 7.36. The molecule has 0 saturated carbocycles. The molecule has 5 rings (SSSR count). The van der Waals surface area contributed by atoms with Crippen LogP contribution in [0.25, 0.3) is 16.7 Å². The zero-order chi connectivity index (χ0) is 20.1. The van der Waals surface area contributed by atoms with Crippen LogP contribution < -0.4 is 16.2 Å². The maximum absolute atomic E-state index is 12.6. The average Bonchev–Trinajstić information content (AvgIpc) is 3.16. The van der Waals surface area contributed by atoms with Crippen molar-refractivity contribution in [2.45, 2.75) is 18.9 Å². The Labute approximate surface area is 166 Å². The smallest absolute Gasteiger partial charge is 0.262 e. The number of aryl methyl sites for hydroxylation is 1. The van der Waals surface area contributed by atoms with Crippen LogP contribution in [-0.4, -0.2) is 31.6 Å². The maximum Gasteiger partial charge on any atom is 0.262 e. The molecule has 0 radical (unpaired) electrons. The van der Waals surface area contributed by atoms with E-state index in [9.17, 15) is 9.59 Å². The van der Waals surface area contributed by atoms with Crippen LogP contribution >= 0.6 is 0 Å². The van der Waals surface area contributed by atoms with Gasteiger partial charge in [-0.25, -0.2) is 0 Å². The van der Waals surface area contributed by atoms with Gasteiger partial charge >= 0.3 is 0 Å². The lowest BCUT2D eigenvalue weighted by molar-refractivity contribution is -0.119. The molecule has 0 spiro atoms. The molecule has 8 nitrogen and oxygen atoms in total. The quantitative estimate of drug-likeness (QED) is 0.574. The van der Waals surface area contributed by atoms with Crippen LogP contribution in [0.15, 0.2) is 53.3 Å². The summed E-state index contributed by atoms with van der Waals surface area (Å²) in [5.74, 6) is 0.661. The Bertz CT molecular complexity index is 1320. The van der Waals surface area contributed by atoms with Gasteiger partial charge in [0.1, 0.15) is 0 Å². The summed E-state index contributed by atoms with van der Waals surface area (Å²) in [6, 6.07) is 15.3. The lowest BCUT2D eigenvalue weighted by Gasteiger charge is -2.34. The minimum absolute atomic E-state index is 0.0975. The van der Waals surface area contributed by atoms with Crippen molar-refractivity contribution < 1.29 is 4.79 Å². The summed E-state index contributed by atoms with van der Waals surface area (Å²) in [4.78, 5) is 26.7. The first-order valence-corrected chi connectivity index (χ1v) is 9.51. The summed E-state index contributed by atoms with van der Waals surface area (Å²) in [5, 5.41) is 9.28. The molecule has 1 aliphatic heterocycles. The molecule has 2 aromatic carbocycles. The fraction of sp³-hybridized carbons (Fsp3) is 0.238. The first-order chi connectivity index (χ1) is 14.1. The second-order valence-electron chi connectivity index (χ2n) is 7.36. The van der Waals surface area contributed by atoms with Crippen LogP contribution in [0.2, 0.25) is 0 Å². The van der Waals surface area contributed by atoms with E-state index in [0.717, 1.165) is 22.6 Å². The molecule has 1 aliphatic rings. The fourth-order valence-corrected chi connectivity index (χ4v) is 4.26. The Morgan fingerprint density at radius 2 is 1.90 bits per heavy atom. The van der Waals surface area contributed by atoms with Gasteiger partial charge < -0.3 is 10.6 Å². The van der Waals surface area contributed by atoms with Gasteiger partial charge in [-0.2, -0.15) is 0 Å². The van der Waals surface area contributed by atoms with Crippen molar-refractivity contribution in [2.75, 3.05) is 11.4 Å². The number of fused-ring (bicyclic) bond motifs is 4. The zero-order valence-electron chi connectivity index (χ0n) is 15.9. The Kier molecular flexibility index (Phi) is 3.87. The number of carbonyl (C=O) groups excluding carboxylic acids is 1. The van der Waals surface area contributed by atoms with Crippen molar-refractivity contribution in [1.29, 1.82) is 0 Å². The Morgan fingerprint density at radius 3 is 2.72 bits per heavy atom. The highest BCUT2D eigenvalue weighted by atomic mass is 16.1. The number of anilines is 1. The van der Waals surface area contributed by atoms with Crippen LogP contribution in [0.5, 0.6) is 0 Å². The van der Waals surface area contributed by atoms with Gasteiger partial charge in [-0.15, -0.1) is 10.2 Å². The van der Waals surface area contributed by atoms with Crippen LogP contribution in [0.4, 0.5) is 5.69 Å². The molecule has 0 saturated heterocycles. The number of benzene rings is 2. The highest BCUT2D eigenvalue weighted by Crippen LogP contribution is 2.35. The number of amides is 1. The first kappa shape index (κ1) is 17.4. The van der Waals surface area contributed by atoms with Gasteiger partial charge in [-0.05, 0) is 30.2 Å². The second kappa shape index (κ2) is 6.44. The molecule has 8 heteroatoms. The third kappa shape index (κ3) is 2.60. The third-order valence-corrected chi connectivity index (χ3v) is 5.71. The van der Waals surface area contributed by atoms with Crippen LogP contribution in [0, 0.1) is 0 Å². The van der Waals surface area contributed by atoms with Crippen LogP contribution in [0.3, 0.4) is 0 Å². The number of rotatable bonds is 3. The number of hydrogen-bond acceptors (Lipinski definition) is 5. The number of hydrogen-bond donors (Lipinski definition) is 1. The highest BCUT2D eigenvalue weighted by Gasteiger charge is 2.29. The Hall–Kier alpha value is -3.68. The summed E-state index contributed by atoms with van der Waals surface area (Å²) in [6.45, 7) is 1.19. The molecule has 2 N–H and O–H groups in total. The van der Waals surface area contributed by atoms with Gasteiger partial charge in [0.15, 0.2) is 5.82 Å². The number of nitrogens with zero attached hydrogens (tertiary/aromatic N) is 5. The van der Waals surface area contributed by atoms with Crippen molar-refractivity contribution >= 4 is 28.3 Å². The zero-order valence-corrected chi connectivity index (χ0v) is 15.9. The van der Waals surface area contributed by atoms with E-state index in [1.54, 1.807) is 7.05 Å². The van der Waals surface area contributed by atoms with E-state index in [1.165, 1.54) is 4.57 Å². The van der Waals surface area contributed by atoms with Crippen molar-refractivity contribution in [3.8, 4) is 0 Å². The monoisotopic (exact) mass is 388 g/mol. The number of carbonyl (C=O) groups is 1. The van der Waals surface area contributed by atoms with Gasteiger partial charge in [0, 0.05) is 19.3 Å². The molecule has 1 atom stereocenters. The van der Waals surface area contributed by atoms with Gasteiger partial charge in [0.2, 0.25) is 11.7 Å². The lowest BCUT2D eigenvalue weighted by Crippen LogP contribution is -2.35. The van der Waals surface area contributed by atoms with E-state index in [4.69, 9.17) is 5.73 Å². The molecule has 0 aliphatic carbocycles. The van der Waals surface area contributed by atoms with Crippen LogP contribution in [0.1, 0.15) is 23.7 Å². The SMILES string of the molecule is Cn1c(=O)c2ccccc2n2c(CN3CCC(C(N)=O)c4ccccc43)nnc12. The average molecular weight is 388 g/mol. The molecule has 1 amide bonds. The number of para-hydroxylation sites is 2. The minimum atomic E-state index is -0.300. The third-order valence-electron chi connectivity index (χ3n) is 5.71. The van der Waals surface area contributed by atoms with Crippen molar-refractivity contribution in [3.63, 3.8) is 0 Å². The lowest BCUT2D eigenvalue weighted by atomic mass is 9.89. The number of primary amides is 1. The molecular formula is C21H20N6O2. The summed E-state index contributed by atoms with van der Waals surface area (Å²) in [7, 11) is 1.70. The summed E-state index contributed by atoms with van der Waals surface area (Å²) >= 11 is 0. The normalized spacial score (nSPS) is 16.3. The van der Waals surface area contributed by atoms with Crippen molar-refractivity contribution in [1.82, 2.24) is 19.2 Å². The van der Waals surface area contributed by atoms with E-state index in [-0.39, 0.29) is 17.4 Å². The van der Waals surface area contributed by atoms with Gasteiger partial charge in [0.05, 0.1) is 23.4 Å². The van der Waals surface area contributed by atoms with Crippen molar-refractivity contribution in [3.05, 3.63) is 70.3 Å². The summed E-state index contributed by atoms with van der Waals surface area (Å²) in [6.07, 6.45) is 0.655.